The molecule has 0 aliphatic rings. The van der Waals surface area contributed by atoms with E-state index in [0.717, 1.165) is 25.6 Å². The molecule has 0 amide bonds. The summed E-state index contributed by atoms with van der Waals surface area (Å²) in [5.41, 5.74) is 1.42. The maximum Gasteiger partial charge on any atom is 0.0587 e. The molecule has 3 heteroatoms. The van der Waals surface area contributed by atoms with Crippen LogP contribution in [0.3, 0.4) is 0 Å². The fraction of sp³-hybridized carbons (Fsp3) is 0.647. The van der Waals surface area contributed by atoms with Crippen molar-refractivity contribution in [3.63, 3.8) is 0 Å². The summed E-state index contributed by atoms with van der Waals surface area (Å²) in [4.78, 5) is 0. The van der Waals surface area contributed by atoms with Gasteiger partial charge in [0.1, 0.15) is 0 Å². The molecule has 0 radical (unpaired) electrons. The smallest absolute Gasteiger partial charge is 0.0587 e. The summed E-state index contributed by atoms with van der Waals surface area (Å²) >= 11 is 3.57. The second-order valence-electron chi connectivity index (χ2n) is 5.77. The summed E-state index contributed by atoms with van der Waals surface area (Å²) in [7, 11) is 1.75. The highest BCUT2D eigenvalue weighted by molar-refractivity contribution is 9.10. The lowest BCUT2D eigenvalue weighted by Gasteiger charge is -2.19. The SMILES string of the molecule is COCCNCC(CCCC(C)C)c1cccc(Br)c1. The van der Waals surface area contributed by atoms with E-state index in [1.54, 1.807) is 7.11 Å². The molecule has 0 fully saturated rings. The topological polar surface area (TPSA) is 21.3 Å². The van der Waals surface area contributed by atoms with Crippen LogP contribution in [0.25, 0.3) is 0 Å². The molecule has 1 rings (SSSR count). The first kappa shape index (κ1) is 17.7. The van der Waals surface area contributed by atoms with E-state index in [1.165, 1.54) is 29.3 Å². The Morgan fingerprint density at radius 1 is 1.25 bits per heavy atom. The number of hydrogen-bond donors (Lipinski definition) is 1. The van der Waals surface area contributed by atoms with Gasteiger partial charge in [-0.1, -0.05) is 54.8 Å². The van der Waals surface area contributed by atoms with Gasteiger partial charge in [-0.15, -0.1) is 0 Å². The fourth-order valence-electron chi connectivity index (χ4n) is 2.37. The van der Waals surface area contributed by atoms with Crippen LogP contribution in [0, 0.1) is 5.92 Å². The number of hydrogen-bond acceptors (Lipinski definition) is 2. The molecule has 0 aliphatic heterocycles. The number of ether oxygens (including phenoxy) is 1. The summed E-state index contributed by atoms with van der Waals surface area (Å²) in [5.74, 6) is 1.38. The Kier molecular flexibility index (Phi) is 9.16. The highest BCUT2D eigenvalue weighted by atomic mass is 79.9. The Bertz CT molecular complexity index is 368. The summed E-state index contributed by atoms with van der Waals surface area (Å²) in [5, 5.41) is 3.50. The third kappa shape index (κ3) is 7.41. The fourth-order valence-corrected chi connectivity index (χ4v) is 2.79. The second-order valence-corrected chi connectivity index (χ2v) is 6.69. The van der Waals surface area contributed by atoms with Crippen molar-refractivity contribution in [2.45, 2.75) is 39.0 Å². The van der Waals surface area contributed by atoms with Gasteiger partial charge in [0.2, 0.25) is 0 Å². The van der Waals surface area contributed by atoms with Gasteiger partial charge in [-0.25, -0.2) is 0 Å². The molecule has 1 aromatic carbocycles. The Labute approximate surface area is 132 Å². The lowest BCUT2D eigenvalue weighted by molar-refractivity contribution is 0.198. The predicted octanol–water partition coefficient (Wildman–Crippen LogP) is 4.60. The molecule has 0 aromatic heterocycles. The van der Waals surface area contributed by atoms with Crippen molar-refractivity contribution in [2.24, 2.45) is 5.92 Å². The average molecular weight is 342 g/mol. The lowest BCUT2D eigenvalue weighted by Crippen LogP contribution is -2.25. The van der Waals surface area contributed by atoms with E-state index in [0.29, 0.717) is 5.92 Å². The molecule has 1 N–H and O–H groups in total. The molecule has 20 heavy (non-hydrogen) atoms. The standard InChI is InChI=1S/C17H28BrNO/c1-14(2)6-4-8-16(13-19-10-11-20-3)15-7-5-9-17(18)12-15/h5,7,9,12,14,16,19H,4,6,8,10-11,13H2,1-3H3. The van der Waals surface area contributed by atoms with Crippen LogP contribution >= 0.6 is 15.9 Å². The lowest BCUT2D eigenvalue weighted by atomic mass is 9.92. The third-order valence-electron chi connectivity index (χ3n) is 3.53. The Morgan fingerprint density at radius 3 is 2.70 bits per heavy atom. The van der Waals surface area contributed by atoms with Gasteiger partial charge in [-0.05, 0) is 36.0 Å². The number of nitrogens with one attached hydrogen (secondary N) is 1. The van der Waals surface area contributed by atoms with E-state index >= 15 is 0 Å². The number of rotatable bonds is 10. The van der Waals surface area contributed by atoms with E-state index in [9.17, 15) is 0 Å². The van der Waals surface area contributed by atoms with Crippen molar-refractivity contribution < 1.29 is 4.74 Å². The van der Waals surface area contributed by atoms with Crippen molar-refractivity contribution in [3.8, 4) is 0 Å². The average Bonchev–Trinajstić information content (AvgIpc) is 2.41. The molecule has 0 saturated carbocycles. The molecule has 0 aliphatic carbocycles. The molecular formula is C17H28BrNO. The Hall–Kier alpha value is -0.380. The normalized spacial score (nSPS) is 12.8. The summed E-state index contributed by atoms with van der Waals surface area (Å²) in [6.45, 7) is 7.32. The van der Waals surface area contributed by atoms with E-state index in [-0.39, 0.29) is 0 Å². The zero-order valence-electron chi connectivity index (χ0n) is 13.0. The quantitative estimate of drug-likeness (QED) is 0.628. The minimum absolute atomic E-state index is 0.586. The van der Waals surface area contributed by atoms with Crippen molar-refractivity contribution >= 4 is 15.9 Å². The predicted molar refractivity (Wildman–Crippen MR) is 90.3 cm³/mol. The van der Waals surface area contributed by atoms with Crippen molar-refractivity contribution in [1.29, 1.82) is 0 Å². The molecule has 114 valence electrons. The van der Waals surface area contributed by atoms with E-state index < -0.39 is 0 Å². The number of benzene rings is 1. The Morgan fingerprint density at radius 2 is 2.05 bits per heavy atom. The Balaban J connectivity index is 2.53. The van der Waals surface area contributed by atoms with Gasteiger partial charge in [0.15, 0.2) is 0 Å². The van der Waals surface area contributed by atoms with Crippen LogP contribution < -0.4 is 5.32 Å². The minimum atomic E-state index is 0.586. The van der Waals surface area contributed by atoms with Crippen molar-refractivity contribution in [2.75, 3.05) is 26.8 Å². The maximum absolute atomic E-state index is 5.09. The largest absolute Gasteiger partial charge is 0.383 e. The molecule has 0 heterocycles. The molecule has 0 saturated heterocycles. The molecule has 1 aromatic rings. The van der Waals surface area contributed by atoms with Gasteiger partial charge in [0, 0.05) is 24.7 Å². The molecular weight excluding hydrogens is 314 g/mol. The van der Waals surface area contributed by atoms with Gasteiger partial charge in [-0.2, -0.15) is 0 Å². The first-order valence-corrected chi connectivity index (χ1v) is 8.38. The van der Waals surface area contributed by atoms with Gasteiger partial charge in [0.25, 0.3) is 0 Å². The molecule has 0 bridgehead atoms. The monoisotopic (exact) mass is 341 g/mol. The summed E-state index contributed by atoms with van der Waals surface area (Å²) in [6.07, 6.45) is 3.85. The van der Waals surface area contributed by atoms with Gasteiger partial charge < -0.3 is 10.1 Å². The second kappa shape index (κ2) is 10.4. The van der Waals surface area contributed by atoms with Crippen molar-refractivity contribution in [1.82, 2.24) is 5.32 Å². The van der Waals surface area contributed by atoms with Gasteiger partial charge in [-0.3, -0.25) is 0 Å². The van der Waals surface area contributed by atoms with Crippen LogP contribution in [0.5, 0.6) is 0 Å². The zero-order valence-corrected chi connectivity index (χ0v) is 14.6. The van der Waals surface area contributed by atoms with Crippen LogP contribution in [-0.2, 0) is 4.74 Å². The van der Waals surface area contributed by atoms with Gasteiger partial charge >= 0.3 is 0 Å². The summed E-state index contributed by atoms with van der Waals surface area (Å²) in [6, 6.07) is 8.71. The van der Waals surface area contributed by atoms with Crippen LogP contribution in [0.1, 0.15) is 44.6 Å². The zero-order chi connectivity index (χ0) is 14.8. The van der Waals surface area contributed by atoms with E-state index in [4.69, 9.17) is 4.74 Å². The molecule has 0 spiro atoms. The molecule has 2 nitrogen and oxygen atoms in total. The van der Waals surface area contributed by atoms with E-state index in [2.05, 4.69) is 59.4 Å². The molecule has 1 unspecified atom stereocenters. The summed E-state index contributed by atoms with van der Waals surface area (Å²) < 4.78 is 6.26. The first-order chi connectivity index (χ1) is 9.63. The van der Waals surface area contributed by atoms with Crippen molar-refractivity contribution in [3.05, 3.63) is 34.3 Å². The highest BCUT2D eigenvalue weighted by Gasteiger charge is 2.11. The number of methoxy groups -OCH3 is 1. The van der Waals surface area contributed by atoms with Crippen LogP contribution in [0.2, 0.25) is 0 Å². The van der Waals surface area contributed by atoms with Crippen LogP contribution in [0.4, 0.5) is 0 Å². The first-order valence-electron chi connectivity index (χ1n) is 7.58. The van der Waals surface area contributed by atoms with Crippen LogP contribution in [-0.4, -0.2) is 26.8 Å². The third-order valence-corrected chi connectivity index (χ3v) is 4.02. The van der Waals surface area contributed by atoms with Gasteiger partial charge in [0.05, 0.1) is 6.61 Å². The maximum atomic E-state index is 5.09. The minimum Gasteiger partial charge on any atom is -0.383 e. The van der Waals surface area contributed by atoms with E-state index in [1.807, 2.05) is 0 Å². The van der Waals surface area contributed by atoms with Crippen LogP contribution in [0.15, 0.2) is 28.7 Å². The molecule has 1 atom stereocenters. The highest BCUT2D eigenvalue weighted by Crippen LogP contribution is 2.25. The number of halogens is 1.